The van der Waals surface area contributed by atoms with Crippen LogP contribution < -0.4 is 10.1 Å². The molecule has 0 spiro atoms. The summed E-state index contributed by atoms with van der Waals surface area (Å²) in [5.74, 6) is 0.481. The van der Waals surface area contributed by atoms with Crippen LogP contribution in [-0.4, -0.2) is 21.6 Å². The summed E-state index contributed by atoms with van der Waals surface area (Å²) in [4.78, 5) is 20.6. The number of hydrogen-bond donors (Lipinski definition) is 1. The zero-order valence-corrected chi connectivity index (χ0v) is 14.6. The number of carbonyl (C=O) groups is 1. The van der Waals surface area contributed by atoms with Crippen LogP contribution in [0.4, 0.5) is 4.79 Å². The predicted molar refractivity (Wildman–Crippen MR) is 97.7 cm³/mol. The molecule has 0 unspecified atom stereocenters. The van der Waals surface area contributed by atoms with Gasteiger partial charge in [0, 0.05) is 41.5 Å². The second-order valence-corrected chi connectivity index (χ2v) is 6.95. The first-order valence-electron chi connectivity index (χ1n) is 8.18. The third kappa shape index (κ3) is 4.76. The van der Waals surface area contributed by atoms with Crippen LogP contribution in [0, 0.1) is 0 Å². The highest BCUT2D eigenvalue weighted by atomic mass is 16.6. The zero-order chi connectivity index (χ0) is 17.9. The normalized spacial score (nSPS) is 11.3. The van der Waals surface area contributed by atoms with E-state index in [4.69, 9.17) is 4.74 Å². The number of nitrogens with one attached hydrogen (secondary N) is 1. The Morgan fingerprint density at radius 1 is 1.08 bits per heavy atom. The maximum Gasteiger partial charge on any atom is 0.413 e. The number of fused-ring (bicyclic) bond motifs is 1. The van der Waals surface area contributed by atoms with E-state index < -0.39 is 6.09 Å². The van der Waals surface area contributed by atoms with E-state index in [0.717, 1.165) is 22.2 Å². The summed E-state index contributed by atoms with van der Waals surface area (Å²) in [6.07, 6.45) is 3.62. The van der Waals surface area contributed by atoms with Gasteiger partial charge in [0.05, 0.1) is 5.52 Å². The number of pyridine rings is 2. The summed E-state index contributed by atoms with van der Waals surface area (Å²) in [7, 11) is 0. The second kappa shape index (κ2) is 6.89. The van der Waals surface area contributed by atoms with Gasteiger partial charge in [-0.1, -0.05) is 12.1 Å². The van der Waals surface area contributed by atoms with Crippen LogP contribution in [0.3, 0.4) is 0 Å². The molecule has 128 valence electrons. The molecule has 0 aliphatic heterocycles. The van der Waals surface area contributed by atoms with Gasteiger partial charge in [-0.25, -0.2) is 4.79 Å². The van der Waals surface area contributed by atoms with Crippen molar-refractivity contribution >= 4 is 17.0 Å². The standard InChI is InChI=1S/C20H21N3O2/c1-20(2,3)23-19(24)25-17-8-10-21-16(13-17)12-14-6-7-18-15(11-14)5-4-9-22-18/h4-11,13H,12H2,1-3H3,(H,23,24). The Hall–Kier alpha value is -2.95. The van der Waals surface area contributed by atoms with Gasteiger partial charge in [0.15, 0.2) is 0 Å². The molecule has 1 aromatic carbocycles. The van der Waals surface area contributed by atoms with Crippen molar-refractivity contribution in [2.24, 2.45) is 0 Å². The minimum atomic E-state index is -0.471. The van der Waals surface area contributed by atoms with Gasteiger partial charge >= 0.3 is 6.09 Å². The molecular formula is C20H21N3O2. The number of amides is 1. The molecule has 1 N–H and O–H groups in total. The Labute approximate surface area is 147 Å². The Balaban J connectivity index is 1.73. The molecular weight excluding hydrogens is 314 g/mol. The number of ether oxygens (including phenoxy) is 1. The molecule has 3 rings (SSSR count). The summed E-state index contributed by atoms with van der Waals surface area (Å²) in [5.41, 5.74) is 2.59. The van der Waals surface area contributed by atoms with Gasteiger partial charge < -0.3 is 10.1 Å². The fraction of sp³-hybridized carbons (Fsp3) is 0.250. The van der Waals surface area contributed by atoms with E-state index in [1.165, 1.54) is 0 Å². The van der Waals surface area contributed by atoms with Crippen molar-refractivity contribution in [3.63, 3.8) is 0 Å². The van der Waals surface area contributed by atoms with Crippen molar-refractivity contribution in [1.29, 1.82) is 0 Å². The molecule has 0 atom stereocenters. The molecule has 1 amide bonds. The second-order valence-electron chi connectivity index (χ2n) is 6.95. The molecule has 5 heteroatoms. The van der Waals surface area contributed by atoms with Crippen LogP contribution in [-0.2, 0) is 6.42 Å². The summed E-state index contributed by atoms with van der Waals surface area (Å²) >= 11 is 0. The van der Waals surface area contributed by atoms with E-state index in [2.05, 4.69) is 21.4 Å². The summed E-state index contributed by atoms with van der Waals surface area (Å²) < 4.78 is 5.34. The number of nitrogens with zero attached hydrogens (tertiary/aromatic N) is 2. The van der Waals surface area contributed by atoms with E-state index in [1.54, 1.807) is 24.5 Å². The largest absolute Gasteiger partial charge is 0.413 e. The minimum absolute atomic E-state index is 0.341. The van der Waals surface area contributed by atoms with E-state index in [-0.39, 0.29) is 5.54 Å². The van der Waals surface area contributed by atoms with Gasteiger partial charge in [-0.3, -0.25) is 9.97 Å². The molecule has 0 radical (unpaired) electrons. The van der Waals surface area contributed by atoms with E-state index in [1.807, 2.05) is 45.0 Å². The first-order valence-corrected chi connectivity index (χ1v) is 8.18. The van der Waals surface area contributed by atoms with E-state index in [0.29, 0.717) is 12.2 Å². The van der Waals surface area contributed by atoms with E-state index in [9.17, 15) is 4.79 Å². The lowest BCUT2D eigenvalue weighted by molar-refractivity contribution is 0.190. The number of benzene rings is 1. The van der Waals surface area contributed by atoms with Crippen LogP contribution in [0.15, 0.2) is 54.9 Å². The quantitative estimate of drug-likeness (QED) is 0.782. The molecule has 0 aliphatic carbocycles. The highest BCUT2D eigenvalue weighted by Crippen LogP contribution is 2.18. The monoisotopic (exact) mass is 335 g/mol. The lowest BCUT2D eigenvalue weighted by Gasteiger charge is -2.19. The van der Waals surface area contributed by atoms with Gasteiger partial charge in [-0.15, -0.1) is 0 Å². The zero-order valence-electron chi connectivity index (χ0n) is 14.6. The van der Waals surface area contributed by atoms with Crippen molar-refractivity contribution in [1.82, 2.24) is 15.3 Å². The number of hydrogen-bond acceptors (Lipinski definition) is 4. The smallest absolute Gasteiger partial charge is 0.410 e. The lowest BCUT2D eigenvalue weighted by Crippen LogP contribution is -2.42. The van der Waals surface area contributed by atoms with Gasteiger partial charge in [0.1, 0.15) is 5.75 Å². The minimum Gasteiger partial charge on any atom is -0.410 e. The first kappa shape index (κ1) is 16.9. The first-order chi connectivity index (χ1) is 11.9. The molecule has 25 heavy (non-hydrogen) atoms. The summed E-state index contributed by atoms with van der Waals surface area (Å²) in [6, 6.07) is 13.6. The van der Waals surface area contributed by atoms with Crippen LogP contribution in [0.25, 0.3) is 10.9 Å². The molecule has 0 aliphatic rings. The highest BCUT2D eigenvalue weighted by Gasteiger charge is 2.15. The topological polar surface area (TPSA) is 64.1 Å². The fourth-order valence-corrected chi connectivity index (χ4v) is 2.50. The Kier molecular flexibility index (Phi) is 4.65. The third-order valence-corrected chi connectivity index (χ3v) is 3.53. The van der Waals surface area contributed by atoms with Crippen molar-refractivity contribution in [3.05, 3.63) is 66.1 Å². The average Bonchev–Trinajstić information content (AvgIpc) is 2.53. The third-order valence-electron chi connectivity index (χ3n) is 3.53. The van der Waals surface area contributed by atoms with Gasteiger partial charge in [-0.05, 0) is 50.6 Å². The molecule has 2 heterocycles. The molecule has 0 bridgehead atoms. The number of rotatable bonds is 3. The SMILES string of the molecule is CC(C)(C)NC(=O)Oc1ccnc(Cc2ccc3ncccc3c2)c1. The van der Waals surface area contributed by atoms with Gasteiger partial charge in [-0.2, -0.15) is 0 Å². The number of carbonyl (C=O) groups excluding carboxylic acids is 1. The van der Waals surface area contributed by atoms with E-state index >= 15 is 0 Å². The summed E-state index contributed by atoms with van der Waals surface area (Å²) in [6.45, 7) is 5.71. The van der Waals surface area contributed by atoms with Crippen LogP contribution in [0.5, 0.6) is 5.75 Å². The number of aromatic nitrogens is 2. The molecule has 3 aromatic rings. The summed E-state index contributed by atoms with van der Waals surface area (Å²) in [5, 5.41) is 3.86. The van der Waals surface area contributed by atoms with Crippen LogP contribution in [0.2, 0.25) is 0 Å². The maximum atomic E-state index is 11.9. The van der Waals surface area contributed by atoms with Gasteiger partial charge in [0.2, 0.25) is 0 Å². The fourth-order valence-electron chi connectivity index (χ4n) is 2.50. The molecule has 0 saturated carbocycles. The molecule has 0 saturated heterocycles. The van der Waals surface area contributed by atoms with Crippen molar-refractivity contribution in [2.45, 2.75) is 32.7 Å². The van der Waals surface area contributed by atoms with Crippen molar-refractivity contribution in [3.8, 4) is 5.75 Å². The van der Waals surface area contributed by atoms with Crippen LogP contribution >= 0.6 is 0 Å². The average molecular weight is 335 g/mol. The van der Waals surface area contributed by atoms with Crippen molar-refractivity contribution < 1.29 is 9.53 Å². The van der Waals surface area contributed by atoms with Gasteiger partial charge in [0.25, 0.3) is 0 Å². The maximum absolute atomic E-state index is 11.9. The Bertz CT molecular complexity index is 901. The molecule has 0 fully saturated rings. The molecule has 2 aromatic heterocycles. The lowest BCUT2D eigenvalue weighted by atomic mass is 10.1. The molecule has 5 nitrogen and oxygen atoms in total. The van der Waals surface area contributed by atoms with Crippen LogP contribution in [0.1, 0.15) is 32.0 Å². The van der Waals surface area contributed by atoms with Crippen molar-refractivity contribution in [2.75, 3.05) is 0 Å². The predicted octanol–water partition coefficient (Wildman–Crippen LogP) is 4.11. The highest BCUT2D eigenvalue weighted by molar-refractivity contribution is 5.79. The Morgan fingerprint density at radius 2 is 1.92 bits per heavy atom. The Morgan fingerprint density at radius 3 is 2.72 bits per heavy atom.